The number of rotatable bonds is 4. The lowest BCUT2D eigenvalue weighted by molar-refractivity contribution is 0.0846. The first kappa shape index (κ1) is 19.1. The van der Waals surface area contributed by atoms with Crippen LogP contribution in [-0.4, -0.2) is 56.8 Å². The van der Waals surface area contributed by atoms with E-state index in [0.29, 0.717) is 12.4 Å². The summed E-state index contributed by atoms with van der Waals surface area (Å²) in [5, 5.41) is 12.7. The number of hydrogen-bond acceptors (Lipinski definition) is 6. The Bertz CT molecular complexity index is 629. The fourth-order valence-corrected chi connectivity index (χ4v) is 2.83. The molecule has 2 rings (SSSR count). The van der Waals surface area contributed by atoms with Crippen LogP contribution in [0.25, 0.3) is 0 Å². The number of nitrogens with zero attached hydrogens (tertiary/aromatic N) is 4. The van der Waals surface area contributed by atoms with Crippen molar-refractivity contribution in [1.29, 1.82) is 0 Å². The number of anilines is 3. The van der Waals surface area contributed by atoms with Gasteiger partial charge < -0.3 is 26.0 Å². The third kappa shape index (κ3) is 5.11. The van der Waals surface area contributed by atoms with E-state index in [2.05, 4.69) is 41.0 Å². The number of nitrogens with one attached hydrogen (secondary N) is 1. The van der Waals surface area contributed by atoms with Gasteiger partial charge in [-0.3, -0.25) is 0 Å². The lowest BCUT2D eigenvalue weighted by atomic mass is 9.96. The van der Waals surface area contributed by atoms with Gasteiger partial charge in [0.05, 0.1) is 0 Å². The molecule has 1 amide bonds. The normalized spacial score (nSPS) is 15.7. The molecule has 140 valence electrons. The molecule has 0 aliphatic carbocycles. The molecule has 1 fully saturated rings. The topological polar surface area (TPSA) is 108 Å². The molecule has 25 heavy (non-hydrogen) atoms. The van der Waals surface area contributed by atoms with Gasteiger partial charge in [-0.25, -0.2) is 4.79 Å². The maximum absolute atomic E-state index is 11.5. The van der Waals surface area contributed by atoms with Crippen LogP contribution < -0.4 is 16.0 Å². The van der Waals surface area contributed by atoms with Gasteiger partial charge in [-0.15, -0.1) is 0 Å². The maximum Gasteiger partial charge on any atom is 0.407 e. The molecule has 1 aromatic rings. The van der Waals surface area contributed by atoms with E-state index in [-0.39, 0.29) is 17.4 Å². The van der Waals surface area contributed by atoms with Gasteiger partial charge in [0.1, 0.15) is 11.6 Å². The van der Waals surface area contributed by atoms with Gasteiger partial charge in [0, 0.05) is 42.7 Å². The molecule has 0 bridgehead atoms. The zero-order valence-electron chi connectivity index (χ0n) is 16.0. The lowest BCUT2D eigenvalue weighted by Crippen LogP contribution is -2.56. The van der Waals surface area contributed by atoms with E-state index in [0.717, 1.165) is 18.9 Å². The Hall–Kier alpha value is -2.25. The van der Waals surface area contributed by atoms with Gasteiger partial charge in [-0.05, 0) is 41.5 Å². The van der Waals surface area contributed by atoms with E-state index in [1.54, 1.807) is 0 Å². The maximum atomic E-state index is 11.5. The Morgan fingerprint density at radius 1 is 1.32 bits per heavy atom. The van der Waals surface area contributed by atoms with Gasteiger partial charge in [0.25, 0.3) is 0 Å². The number of nitrogens with two attached hydrogens (primary N) is 1. The first-order chi connectivity index (χ1) is 11.3. The van der Waals surface area contributed by atoms with Crippen LogP contribution in [0.2, 0.25) is 0 Å². The van der Waals surface area contributed by atoms with Gasteiger partial charge >= 0.3 is 6.09 Å². The molecule has 1 saturated heterocycles. The van der Waals surface area contributed by atoms with Crippen LogP contribution in [0.3, 0.4) is 0 Å². The summed E-state index contributed by atoms with van der Waals surface area (Å²) >= 11 is 0. The van der Waals surface area contributed by atoms with Crippen LogP contribution in [-0.2, 0) is 0 Å². The highest BCUT2D eigenvalue weighted by molar-refractivity contribution is 5.66. The summed E-state index contributed by atoms with van der Waals surface area (Å²) in [6, 6.07) is 1.89. The van der Waals surface area contributed by atoms with Crippen LogP contribution in [0, 0.1) is 5.92 Å². The Morgan fingerprint density at radius 3 is 2.40 bits per heavy atom. The SMILES string of the molecule is CC(C)(C)Nc1cc(N2CC(CN(C(=O)O)C(C)(C)C)C2)nc(N)n1. The predicted molar refractivity (Wildman–Crippen MR) is 100 cm³/mol. The Morgan fingerprint density at radius 2 is 1.92 bits per heavy atom. The first-order valence-electron chi connectivity index (χ1n) is 8.53. The quantitative estimate of drug-likeness (QED) is 0.765. The zero-order valence-corrected chi connectivity index (χ0v) is 16.0. The Kier molecular flexibility index (Phi) is 5.02. The number of amides is 1. The fraction of sp³-hybridized carbons (Fsp3) is 0.706. The monoisotopic (exact) mass is 350 g/mol. The summed E-state index contributed by atoms with van der Waals surface area (Å²) in [6.07, 6.45) is -0.881. The average Bonchev–Trinajstić information content (AvgIpc) is 2.31. The van der Waals surface area contributed by atoms with Crippen LogP contribution in [0.15, 0.2) is 6.07 Å². The largest absolute Gasteiger partial charge is 0.465 e. The minimum Gasteiger partial charge on any atom is -0.465 e. The van der Waals surface area contributed by atoms with Crippen molar-refractivity contribution in [2.24, 2.45) is 5.92 Å². The summed E-state index contributed by atoms with van der Waals surface area (Å²) in [7, 11) is 0. The van der Waals surface area contributed by atoms with E-state index in [4.69, 9.17) is 5.73 Å². The van der Waals surface area contributed by atoms with Crippen molar-refractivity contribution in [3.8, 4) is 0 Å². The number of aromatic nitrogens is 2. The minimum absolute atomic E-state index is 0.121. The molecule has 0 saturated carbocycles. The van der Waals surface area contributed by atoms with Crippen LogP contribution in [0.1, 0.15) is 41.5 Å². The molecule has 1 aliphatic rings. The van der Waals surface area contributed by atoms with Crippen molar-refractivity contribution >= 4 is 23.7 Å². The number of hydrogen-bond donors (Lipinski definition) is 3. The molecule has 8 nitrogen and oxygen atoms in total. The van der Waals surface area contributed by atoms with E-state index in [1.165, 1.54) is 4.90 Å². The highest BCUT2D eigenvalue weighted by Gasteiger charge is 2.35. The second kappa shape index (κ2) is 6.57. The molecule has 2 heterocycles. The first-order valence-corrected chi connectivity index (χ1v) is 8.53. The summed E-state index contributed by atoms with van der Waals surface area (Å²) in [5.74, 6) is 1.98. The van der Waals surface area contributed by atoms with Crippen molar-refractivity contribution in [3.05, 3.63) is 6.07 Å². The molecule has 1 aliphatic heterocycles. The van der Waals surface area contributed by atoms with E-state index >= 15 is 0 Å². The highest BCUT2D eigenvalue weighted by atomic mass is 16.4. The van der Waals surface area contributed by atoms with Crippen LogP contribution >= 0.6 is 0 Å². The van der Waals surface area contributed by atoms with E-state index in [1.807, 2.05) is 26.8 Å². The third-order valence-corrected chi connectivity index (χ3v) is 4.00. The van der Waals surface area contributed by atoms with Crippen molar-refractivity contribution in [2.45, 2.75) is 52.6 Å². The summed E-state index contributed by atoms with van der Waals surface area (Å²) in [6.45, 7) is 13.9. The molecule has 0 aromatic carbocycles. The number of carbonyl (C=O) groups is 1. The standard InChI is InChI=1S/C17H30N6O2/c1-16(2,3)21-12-7-13(20-14(18)19-12)22-8-11(9-22)10-23(15(24)25)17(4,5)6/h7,11H,8-10H2,1-6H3,(H,24,25)(H3,18,19,20,21). The summed E-state index contributed by atoms with van der Waals surface area (Å²) in [5.41, 5.74) is 5.30. The zero-order chi connectivity index (χ0) is 19.0. The lowest BCUT2D eigenvalue weighted by Gasteiger charge is -2.44. The summed E-state index contributed by atoms with van der Waals surface area (Å²) in [4.78, 5) is 23.6. The third-order valence-electron chi connectivity index (χ3n) is 4.00. The van der Waals surface area contributed by atoms with E-state index in [9.17, 15) is 9.90 Å². The molecule has 0 unspecified atom stereocenters. The smallest absolute Gasteiger partial charge is 0.407 e. The molecule has 8 heteroatoms. The Balaban J connectivity index is 2.01. The second-order valence-electron chi connectivity index (χ2n) is 8.68. The highest BCUT2D eigenvalue weighted by Crippen LogP contribution is 2.28. The van der Waals surface area contributed by atoms with Gasteiger partial charge in [-0.2, -0.15) is 9.97 Å². The minimum atomic E-state index is -0.881. The molecular formula is C17H30N6O2. The molecule has 0 atom stereocenters. The molecule has 1 aromatic heterocycles. The average molecular weight is 350 g/mol. The van der Waals surface area contributed by atoms with Gasteiger partial charge in [-0.1, -0.05) is 0 Å². The van der Waals surface area contributed by atoms with Crippen LogP contribution in [0.5, 0.6) is 0 Å². The number of carboxylic acid groups (broad SMARTS) is 1. The predicted octanol–water partition coefficient (Wildman–Crippen LogP) is 2.48. The van der Waals surface area contributed by atoms with Crippen molar-refractivity contribution in [3.63, 3.8) is 0 Å². The second-order valence-corrected chi connectivity index (χ2v) is 8.68. The van der Waals surface area contributed by atoms with Gasteiger partial charge in [0.2, 0.25) is 5.95 Å². The van der Waals surface area contributed by atoms with Gasteiger partial charge in [0.15, 0.2) is 0 Å². The molecular weight excluding hydrogens is 320 g/mol. The summed E-state index contributed by atoms with van der Waals surface area (Å²) < 4.78 is 0. The van der Waals surface area contributed by atoms with Crippen molar-refractivity contribution in [1.82, 2.24) is 14.9 Å². The van der Waals surface area contributed by atoms with Crippen LogP contribution in [0.4, 0.5) is 22.4 Å². The molecule has 4 N–H and O–H groups in total. The Labute approximate surface area is 149 Å². The molecule has 0 radical (unpaired) electrons. The van der Waals surface area contributed by atoms with Crippen molar-refractivity contribution < 1.29 is 9.90 Å². The van der Waals surface area contributed by atoms with E-state index < -0.39 is 11.6 Å². The van der Waals surface area contributed by atoms with Crippen molar-refractivity contribution in [2.75, 3.05) is 35.6 Å². The fourth-order valence-electron chi connectivity index (χ4n) is 2.83. The molecule has 0 spiro atoms. The number of nitrogen functional groups attached to an aromatic ring is 1.